The van der Waals surface area contributed by atoms with Crippen LogP contribution in [0.3, 0.4) is 0 Å². The molecule has 34 heavy (non-hydrogen) atoms. The maximum Gasteiger partial charge on any atom is 0.269 e. The highest BCUT2D eigenvalue weighted by Gasteiger charge is 2.27. The Morgan fingerprint density at radius 3 is 2.53 bits per heavy atom. The average Bonchev–Trinajstić information content (AvgIpc) is 3.22. The minimum absolute atomic E-state index is 0.0166. The fourth-order valence-corrected chi connectivity index (χ4v) is 4.46. The van der Waals surface area contributed by atoms with E-state index in [1.807, 2.05) is 4.72 Å². The lowest BCUT2D eigenvalue weighted by molar-refractivity contribution is 0.0997. The number of nitrogens with two attached hydrogens (primary N) is 1. The summed E-state index contributed by atoms with van der Waals surface area (Å²) in [7, 11) is -3.57. The highest BCUT2D eigenvalue weighted by atomic mass is 32.2. The van der Waals surface area contributed by atoms with Crippen molar-refractivity contribution in [3.63, 3.8) is 0 Å². The SMILES string of the molecule is COc1ncc(F)cc1S(=O)(=O)Nc1ccc(F)c(-c2ccc3c(C(N)=O)n[nH]c3c2F)c1F. The van der Waals surface area contributed by atoms with Crippen molar-refractivity contribution in [1.29, 1.82) is 0 Å². The number of nitrogens with one attached hydrogen (secondary N) is 2. The van der Waals surface area contributed by atoms with E-state index in [1.165, 1.54) is 6.07 Å². The minimum Gasteiger partial charge on any atom is -0.480 e. The number of ether oxygens (including phenoxy) is 1. The zero-order valence-corrected chi connectivity index (χ0v) is 17.8. The molecule has 0 aliphatic heterocycles. The van der Waals surface area contributed by atoms with Crippen molar-refractivity contribution in [2.45, 2.75) is 4.90 Å². The summed E-state index contributed by atoms with van der Waals surface area (Å²) < 4.78 is 90.7. The summed E-state index contributed by atoms with van der Waals surface area (Å²) in [6.45, 7) is 0. The number of amides is 1. The normalized spacial score (nSPS) is 11.6. The third kappa shape index (κ3) is 3.77. The number of fused-ring (bicyclic) bond motifs is 1. The molecule has 2 heterocycles. The zero-order valence-electron chi connectivity index (χ0n) is 17.0. The number of aromatic amines is 1. The Bertz CT molecular complexity index is 1570. The van der Waals surface area contributed by atoms with Crippen LogP contribution in [0.15, 0.2) is 41.4 Å². The molecule has 176 valence electrons. The Morgan fingerprint density at radius 2 is 1.85 bits per heavy atom. The highest BCUT2D eigenvalue weighted by Crippen LogP contribution is 2.36. The van der Waals surface area contributed by atoms with Gasteiger partial charge in [0.1, 0.15) is 17.2 Å². The van der Waals surface area contributed by atoms with E-state index in [1.54, 1.807) is 0 Å². The van der Waals surface area contributed by atoms with Gasteiger partial charge in [-0.3, -0.25) is 14.6 Å². The number of hydrogen-bond donors (Lipinski definition) is 3. The number of anilines is 1. The van der Waals surface area contributed by atoms with Crippen molar-refractivity contribution >= 4 is 32.5 Å². The molecule has 4 N–H and O–H groups in total. The molecule has 0 spiro atoms. The number of primary amides is 1. The molecule has 0 saturated heterocycles. The molecular weight excluding hydrogens is 482 g/mol. The number of pyridine rings is 1. The van der Waals surface area contributed by atoms with Crippen molar-refractivity contribution < 1.29 is 35.5 Å². The third-order valence-corrected chi connectivity index (χ3v) is 6.14. The quantitative estimate of drug-likeness (QED) is 0.351. The smallest absolute Gasteiger partial charge is 0.269 e. The Hall–Kier alpha value is -4.20. The van der Waals surface area contributed by atoms with Crippen molar-refractivity contribution in [1.82, 2.24) is 15.2 Å². The van der Waals surface area contributed by atoms with Gasteiger partial charge < -0.3 is 10.5 Å². The Morgan fingerprint density at radius 1 is 1.12 bits per heavy atom. The molecule has 0 aliphatic rings. The first-order chi connectivity index (χ1) is 16.0. The topological polar surface area (TPSA) is 140 Å². The summed E-state index contributed by atoms with van der Waals surface area (Å²) in [5.41, 5.74) is 2.29. The number of halogens is 4. The number of H-pyrrole nitrogens is 1. The van der Waals surface area contributed by atoms with Gasteiger partial charge in [0.15, 0.2) is 22.2 Å². The van der Waals surface area contributed by atoms with Crippen molar-refractivity contribution in [2.24, 2.45) is 5.73 Å². The first-order valence-electron chi connectivity index (χ1n) is 9.22. The van der Waals surface area contributed by atoms with Crippen LogP contribution in [0.25, 0.3) is 22.0 Å². The number of carbonyl (C=O) groups excluding carboxylic acids is 1. The van der Waals surface area contributed by atoms with Gasteiger partial charge in [-0.25, -0.2) is 31.0 Å². The second-order valence-corrected chi connectivity index (χ2v) is 8.49. The molecular formula is C20H13F4N5O4S. The largest absolute Gasteiger partial charge is 0.480 e. The van der Waals surface area contributed by atoms with E-state index in [2.05, 4.69) is 15.2 Å². The van der Waals surface area contributed by atoms with Gasteiger partial charge in [0.2, 0.25) is 5.88 Å². The average molecular weight is 495 g/mol. The van der Waals surface area contributed by atoms with Gasteiger partial charge in [-0.15, -0.1) is 0 Å². The van der Waals surface area contributed by atoms with Gasteiger partial charge in [0, 0.05) is 17.0 Å². The second kappa shape index (κ2) is 8.30. The van der Waals surface area contributed by atoms with E-state index in [0.717, 1.165) is 19.2 Å². The predicted octanol–water partition coefficient (Wildman–Crippen LogP) is 3.09. The van der Waals surface area contributed by atoms with Crippen LogP contribution in [0.1, 0.15) is 10.5 Å². The lowest BCUT2D eigenvalue weighted by Crippen LogP contribution is -2.16. The molecule has 1 amide bonds. The number of carbonyl (C=O) groups is 1. The highest BCUT2D eigenvalue weighted by molar-refractivity contribution is 7.92. The summed E-state index contributed by atoms with van der Waals surface area (Å²) in [6, 6.07) is 4.24. The number of sulfonamides is 1. The second-order valence-electron chi connectivity index (χ2n) is 6.84. The lowest BCUT2D eigenvalue weighted by Gasteiger charge is -2.14. The summed E-state index contributed by atoms with van der Waals surface area (Å²) in [5, 5.41) is 5.82. The van der Waals surface area contributed by atoms with E-state index < -0.39 is 66.8 Å². The molecule has 0 bridgehead atoms. The fraction of sp³-hybridized carbons (Fsp3) is 0.0500. The van der Waals surface area contributed by atoms with Crippen molar-refractivity contribution in [3.8, 4) is 17.0 Å². The first-order valence-corrected chi connectivity index (χ1v) is 10.7. The third-order valence-electron chi connectivity index (χ3n) is 4.78. The van der Waals surface area contributed by atoms with Gasteiger partial charge in [-0.2, -0.15) is 5.10 Å². The molecule has 9 nitrogen and oxygen atoms in total. The number of hydrogen-bond acceptors (Lipinski definition) is 6. The molecule has 4 aromatic rings. The molecule has 2 aromatic carbocycles. The summed E-state index contributed by atoms with van der Waals surface area (Å²) in [5.74, 6) is -6.26. The van der Waals surface area contributed by atoms with E-state index in [0.29, 0.717) is 18.3 Å². The van der Waals surface area contributed by atoms with Gasteiger partial charge in [0.25, 0.3) is 15.9 Å². The van der Waals surface area contributed by atoms with Gasteiger partial charge in [-0.1, -0.05) is 6.07 Å². The van der Waals surface area contributed by atoms with Crippen LogP contribution in [0.5, 0.6) is 5.88 Å². The van der Waals surface area contributed by atoms with Crippen LogP contribution in [0.2, 0.25) is 0 Å². The van der Waals surface area contributed by atoms with Crippen molar-refractivity contribution in [2.75, 3.05) is 11.8 Å². The van der Waals surface area contributed by atoms with Gasteiger partial charge in [-0.05, 0) is 18.2 Å². The van der Waals surface area contributed by atoms with Crippen LogP contribution >= 0.6 is 0 Å². The van der Waals surface area contributed by atoms with E-state index in [9.17, 15) is 22.0 Å². The summed E-state index contributed by atoms with van der Waals surface area (Å²) in [4.78, 5) is 14.2. The lowest BCUT2D eigenvalue weighted by atomic mass is 10.0. The molecule has 4 rings (SSSR count). The molecule has 0 radical (unpaired) electrons. The molecule has 0 fully saturated rings. The number of aromatic nitrogens is 3. The Kier molecular flexibility index (Phi) is 5.61. The Balaban J connectivity index is 1.83. The van der Waals surface area contributed by atoms with Crippen LogP contribution in [0.4, 0.5) is 23.2 Å². The van der Waals surface area contributed by atoms with E-state index in [4.69, 9.17) is 10.5 Å². The molecule has 0 atom stereocenters. The monoisotopic (exact) mass is 495 g/mol. The maximum atomic E-state index is 15.3. The van der Waals surface area contributed by atoms with Crippen LogP contribution in [0, 0.1) is 23.3 Å². The van der Waals surface area contributed by atoms with Gasteiger partial charge >= 0.3 is 0 Å². The fourth-order valence-electron chi connectivity index (χ4n) is 3.27. The standard InChI is InChI=1S/C20H13F4N5O4S/c1-33-20-13(6-8(21)7-26-20)34(31,32)29-12-5-4-11(22)14(16(12)24)9-2-3-10-17(15(9)23)27-28-18(10)19(25)30/h2-7,29H,1H3,(H2,25,30)(H,27,28). The summed E-state index contributed by atoms with van der Waals surface area (Å²) >= 11 is 0. The molecule has 0 aliphatic carbocycles. The number of nitrogens with zero attached hydrogens (tertiary/aromatic N) is 2. The van der Waals surface area contributed by atoms with Crippen LogP contribution in [-0.4, -0.2) is 36.6 Å². The van der Waals surface area contributed by atoms with Gasteiger partial charge in [0.05, 0.1) is 24.6 Å². The number of rotatable bonds is 6. The maximum absolute atomic E-state index is 15.3. The first kappa shape index (κ1) is 23.0. The number of methoxy groups -OCH3 is 1. The molecule has 0 saturated carbocycles. The predicted molar refractivity (Wildman–Crippen MR) is 111 cm³/mol. The zero-order chi connectivity index (χ0) is 24.8. The molecule has 14 heteroatoms. The summed E-state index contributed by atoms with van der Waals surface area (Å²) in [6.07, 6.45) is 0.715. The van der Waals surface area contributed by atoms with Crippen LogP contribution < -0.4 is 15.2 Å². The molecule has 0 unspecified atom stereocenters. The van der Waals surface area contributed by atoms with Crippen LogP contribution in [-0.2, 0) is 10.0 Å². The van der Waals surface area contributed by atoms with Crippen molar-refractivity contribution in [3.05, 3.63) is 65.5 Å². The molecule has 2 aromatic heterocycles. The number of benzene rings is 2. The minimum atomic E-state index is -4.67. The Labute approximate surface area is 188 Å². The van der Waals surface area contributed by atoms with E-state index in [-0.39, 0.29) is 16.6 Å². The van der Waals surface area contributed by atoms with E-state index >= 15 is 8.78 Å².